The fraction of sp³-hybridized carbons (Fsp3) is 0.375. The monoisotopic (exact) mass is 345 g/mol. The van der Waals surface area contributed by atoms with Gasteiger partial charge in [0.15, 0.2) is 11.6 Å². The molecule has 8 heteroatoms. The van der Waals surface area contributed by atoms with Gasteiger partial charge in [-0.3, -0.25) is 0 Å². The highest BCUT2D eigenvalue weighted by Crippen LogP contribution is 2.37. The summed E-state index contributed by atoms with van der Waals surface area (Å²) in [6, 6.07) is 8.02. The lowest BCUT2D eigenvalue weighted by atomic mass is 10.0. The Morgan fingerprint density at radius 3 is 2.62 bits per heavy atom. The van der Waals surface area contributed by atoms with Crippen LogP contribution in [-0.2, 0) is 0 Å². The van der Waals surface area contributed by atoms with Crippen LogP contribution in [0.15, 0.2) is 24.3 Å². The number of nitrogens with one attached hydrogen (secondary N) is 3. The van der Waals surface area contributed by atoms with Gasteiger partial charge in [0.25, 0.3) is 0 Å². The summed E-state index contributed by atoms with van der Waals surface area (Å²) in [4.78, 5) is 11.1. The van der Waals surface area contributed by atoms with Crippen LogP contribution in [-0.4, -0.2) is 42.7 Å². The molecule has 1 aromatic carbocycles. The minimum atomic E-state index is 0.128. The molecule has 1 saturated heterocycles. The van der Waals surface area contributed by atoms with Gasteiger partial charge in [-0.2, -0.15) is 9.97 Å². The van der Waals surface area contributed by atoms with Crippen LogP contribution in [0.2, 0.25) is 5.02 Å². The van der Waals surface area contributed by atoms with Crippen LogP contribution in [0.4, 0.5) is 23.3 Å². The van der Waals surface area contributed by atoms with Crippen molar-refractivity contribution in [3.63, 3.8) is 0 Å². The van der Waals surface area contributed by atoms with Crippen molar-refractivity contribution in [2.75, 3.05) is 54.0 Å². The van der Waals surface area contributed by atoms with Gasteiger partial charge in [-0.1, -0.05) is 23.7 Å². The van der Waals surface area contributed by atoms with Crippen LogP contribution in [0.25, 0.3) is 0 Å². The van der Waals surface area contributed by atoms with Crippen LogP contribution in [0.1, 0.15) is 11.6 Å². The van der Waals surface area contributed by atoms with Crippen molar-refractivity contribution in [3.05, 3.63) is 34.9 Å². The van der Waals surface area contributed by atoms with E-state index >= 15 is 0 Å². The van der Waals surface area contributed by atoms with E-state index in [2.05, 4.69) is 30.8 Å². The van der Waals surface area contributed by atoms with Gasteiger partial charge in [0.2, 0.25) is 5.95 Å². The SMILES string of the molecule is Nc1nc2c(c(N3CCNCC3)n1)NC(c1ccc(Cl)cc1)CN2. The molecule has 2 aromatic rings. The number of nitrogen functional groups attached to an aromatic ring is 1. The maximum absolute atomic E-state index is 5.99. The molecule has 2 aliphatic rings. The lowest BCUT2D eigenvalue weighted by molar-refractivity contribution is 0.584. The first-order valence-corrected chi connectivity index (χ1v) is 8.47. The maximum Gasteiger partial charge on any atom is 0.224 e. The molecule has 1 aromatic heterocycles. The Hall–Kier alpha value is -2.25. The minimum Gasteiger partial charge on any atom is -0.370 e. The van der Waals surface area contributed by atoms with E-state index < -0.39 is 0 Å². The van der Waals surface area contributed by atoms with Gasteiger partial charge in [0, 0.05) is 37.7 Å². The summed E-state index contributed by atoms with van der Waals surface area (Å²) >= 11 is 5.99. The average molecular weight is 346 g/mol. The van der Waals surface area contributed by atoms with Crippen molar-refractivity contribution < 1.29 is 0 Å². The number of piperazine rings is 1. The van der Waals surface area contributed by atoms with Gasteiger partial charge in [-0.25, -0.2) is 0 Å². The molecule has 0 saturated carbocycles. The zero-order valence-corrected chi connectivity index (χ0v) is 14.0. The van der Waals surface area contributed by atoms with Crippen LogP contribution >= 0.6 is 11.6 Å². The second-order valence-electron chi connectivity index (χ2n) is 6.00. The zero-order chi connectivity index (χ0) is 16.5. The summed E-state index contributed by atoms with van der Waals surface area (Å²) in [5.74, 6) is 1.92. The molecule has 2 aliphatic heterocycles. The number of rotatable bonds is 2. The molecule has 0 aliphatic carbocycles. The maximum atomic E-state index is 5.99. The van der Waals surface area contributed by atoms with Crippen LogP contribution in [0.3, 0.4) is 0 Å². The molecular formula is C16H20ClN7. The number of aromatic nitrogens is 2. The van der Waals surface area contributed by atoms with Gasteiger partial charge >= 0.3 is 0 Å². The molecule has 126 valence electrons. The second kappa shape index (κ2) is 6.33. The smallest absolute Gasteiger partial charge is 0.224 e. The number of benzene rings is 1. The molecule has 24 heavy (non-hydrogen) atoms. The van der Waals surface area contributed by atoms with Crippen LogP contribution < -0.4 is 26.6 Å². The van der Waals surface area contributed by atoms with E-state index in [9.17, 15) is 0 Å². The first-order chi connectivity index (χ1) is 11.7. The molecule has 1 unspecified atom stereocenters. The molecule has 5 N–H and O–H groups in total. The van der Waals surface area contributed by atoms with Gasteiger partial charge < -0.3 is 26.6 Å². The highest BCUT2D eigenvalue weighted by atomic mass is 35.5. The van der Waals surface area contributed by atoms with Gasteiger partial charge in [-0.15, -0.1) is 0 Å². The molecule has 1 fully saturated rings. The zero-order valence-electron chi connectivity index (χ0n) is 13.2. The number of anilines is 4. The van der Waals surface area contributed by atoms with Crippen molar-refractivity contribution >= 4 is 34.9 Å². The third-order valence-corrected chi connectivity index (χ3v) is 4.64. The fourth-order valence-corrected chi connectivity index (χ4v) is 3.28. The highest BCUT2D eigenvalue weighted by molar-refractivity contribution is 6.30. The summed E-state index contributed by atoms with van der Waals surface area (Å²) in [5.41, 5.74) is 7.99. The molecular weight excluding hydrogens is 326 g/mol. The third kappa shape index (κ3) is 2.92. The van der Waals surface area contributed by atoms with E-state index in [-0.39, 0.29) is 6.04 Å². The van der Waals surface area contributed by atoms with Crippen molar-refractivity contribution in [3.8, 4) is 0 Å². The van der Waals surface area contributed by atoms with E-state index in [1.54, 1.807) is 0 Å². The lowest BCUT2D eigenvalue weighted by Gasteiger charge is -2.34. The normalized spacial score (nSPS) is 20.0. The van der Waals surface area contributed by atoms with E-state index in [0.717, 1.165) is 55.1 Å². The summed E-state index contributed by atoms with van der Waals surface area (Å²) in [6.45, 7) is 4.40. The summed E-state index contributed by atoms with van der Waals surface area (Å²) < 4.78 is 0. The predicted molar refractivity (Wildman–Crippen MR) is 97.8 cm³/mol. The molecule has 7 nitrogen and oxygen atoms in total. The van der Waals surface area contributed by atoms with Gasteiger partial charge in [-0.05, 0) is 17.7 Å². The molecule has 0 spiro atoms. The summed E-state index contributed by atoms with van der Waals surface area (Å²) in [5, 5.41) is 11.0. The number of hydrogen-bond donors (Lipinski definition) is 4. The lowest BCUT2D eigenvalue weighted by Crippen LogP contribution is -2.44. The van der Waals surface area contributed by atoms with E-state index in [1.807, 2.05) is 24.3 Å². The van der Waals surface area contributed by atoms with Gasteiger partial charge in [0.1, 0.15) is 5.69 Å². The van der Waals surface area contributed by atoms with Crippen molar-refractivity contribution in [1.29, 1.82) is 0 Å². The van der Waals surface area contributed by atoms with E-state index in [1.165, 1.54) is 5.56 Å². The van der Waals surface area contributed by atoms with Crippen LogP contribution in [0.5, 0.6) is 0 Å². The van der Waals surface area contributed by atoms with Crippen molar-refractivity contribution in [2.45, 2.75) is 6.04 Å². The minimum absolute atomic E-state index is 0.128. The van der Waals surface area contributed by atoms with Crippen LogP contribution in [0, 0.1) is 0 Å². The first kappa shape index (κ1) is 15.3. The predicted octanol–water partition coefficient (Wildman–Crippen LogP) is 1.70. The molecule has 4 rings (SSSR count). The molecule has 0 bridgehead atoms. The summed E-state index contributed by atoms with van der Waals surface area (Å²) in [7, 11) is 0. The largest absolute Gasteiger partial charge is 0.370 e. The molecule has 3 heterocycles. The second-order valence-corrected chi connectivity index (χ2v) is 6.43. The van der Waals surface area contributed by atoms with Gasteiger partial charge in [0.05, 0.1) is 6.04 Å². The molecule has 0 amide bonds. The number of nitrogens with zero attached hydrogens (tertiary/aromatic N) is 3. The Balaban J connectivity index is 1.67. The Kier molecular flexibility index (Phi) is 4.03. The Morgan fingerprint density at radius 2 is 1.88 bits per heavy atom. The first-order valence-electron chi connectivity index (χ1n) is 8.10. The molecule has 1 atom stereocenters. The Labute approximate surface area is 145 Å². The van der Waals surface area contributed by atoms with E-state index in [4.69, 9.17) is 17.3 Å². The van der Waals surface area contributed by atoms with Crippen molar-refractivity contribution in [1.82, 2.24) is 15.3 Å². The number of hydrogen-bond acceptors (Lipinski definition) is 7. The average Bonchev–Trinajstić information content (AvgIpc) is 2.62. The topological polar surface area (TPSA) is 91.1 Å². The number of halogens is 1. The third-order valence-electron chi connectivity index (χ3n) is 4.39. The molecule has 0 radical (unpaired) electrons. The number of fused-ring (bicyclic) bond motifs is 1. The quantitative estimate of drug-likeness (QED) is 0.658. The van der Waals surface area contributed by atoms with Crippen molar-refractivity contribution in [2.24, 2.45) is 0 Å². The fourth-order valence-electron chi connectivity index (χ4n) is 3.15. The highest BCUT2D eigenvalue weighted by Gasteiger charge is 2.26. The standard InChI is InChI=1S/C16H20ClN7/c17-11-3-1-10(2-4-11)12-9-20-14-13(21-12)15(23-16(18)22-14)24-7-5-19-6-8-24/h1-4,12,19,21H,5-9H2,(H3,18,20,22,23). The Morgan fingerprint density at radius 1 is 1.12 bits per heavy atom. The number of nitrogens with two attached hydrogens (primary N) is 1. The van der Waals surface area contributed by atoms with E-state index in [0.29, 0.717) is 5.95 Å². The summed E-state index contributed by atoms with van der Waals surface area (Å²) in [6.07, 6.45) is 0. The Bertz CT molecular complexity index is 728.